The van der Waals surface area contributed by atoms with Gasteiger partial charge >= 0.3 is 0 Å². The van der Waals surface area contributed by atoms with E-state index >= 15 is 0 Å². The Bertz CT molecular complexity index is 846. The highest BCUT2D eigenvalue weighted by Gasteiger charge is 2.25. The van der Waals surface area contributed by atoms with Crippen LogP contribution >= 0.6 is 22.7 Å². The minimum atomic E-state index is 0.0798. The Morgan fingerprint density at radius 2 is 2.12 bits per heavy atom. The van der Waals surface area contributed by atoms with Crippen LogP contribution in [-0.4, -0.2) is 33.3 Å². The van der Waals surface area contributed by atoms with E-state index in [0.29, 0.717) is 12.2 Å². The number of fused-ring (bicyclic) bond motifs is 1. The van der Waals surface area contributed by atoms with E-state index in [9.17, 15) is 4.79 Å². The number of nitrogens with one attached hydrogen (secondary N) is 1. The summed E-state index contributed by atoms with van der Waals surface area (Å²) in [6.07, 6.45) is 5.41. The first kappa shape index (κ1) is 16.8. The minimum Gasteiger partial charge on any atom is -0.337 e. The molecule has 3 aromatic rings. The van der Waals surface area contributed by atoms with Crippen molar-refractivity contribution in [1.82, 2.24) is 19.6 Å². The topological polar surface area (TPSA) is 49.6 Å². The Kier molecular flexibility index (Phi) is 4.87. The number of aromatic nitrogens is 2. The van der Waals surface area contributed by atoms with Crippen LogP contribution in [0.15, 0.2) is 29.1 Å². The number of hydrogen-bond donors (Lipinski definition) is 1. The lowest BCUT2D eigenvalue weighted by molar-refractivity contribution is 0.0717. The second-order valence-corrected chi connectivity index (χ2v) is 8.29. The largest absolute Gasteiger partial charge is 0.337 e. The molecule has 5 nitrogen and oxygen atoms in total. The summed E-state index contributed by atoms with van der Waals surface area (Å²) in [6.45, 7) is 4.49. The van der Waals surface area contributed by atoms with Gasteiger partial charge in [-0.15, -0.1) is 22.7 Å². The molecule has 1 saturated heterocycles. The molecule has 1 fully saturated rings. The molecule has 1 atom stereocenters. The zero-order chi connectivity index (χ0) is 17.2. The first-order valence-corrected chi connectivity index (χ1v) is 10.5. The van der Waals surface area contributed by atoms with Gasteiger partial charge in [-0.05, 0) is 37.6 Å². The Labute approximate surface area is 155 Å². The highest BCUT2D eigenvalue weighted by molar-refractivity contribution is 7.15. The monoisotopic (exact) mass is 374 g/mol. The molecular formula is C18H22N4OS2. The average molecular weight is 375 g/mol. The molecular weight excluding hydrogens is 352 g/mol. The molecule has 0 spiro atoms. The number of piperidine rings is 1. The summed E-state index contributed by atoms with van der Waals surface area (Å²) in [4.78, 5) is 21.8. The summed E-state index contributed by atoms with van der Waals surface area (Å²) in [5.74, 6) is 0.0798. The van der Waals surface area contributed by atoms with Gasteiger partial charge in [-0.2, -0.15) is 0 Å². The van der Waals surface area contributed by atoms with Crippen molar-refractivity contribution in [2.75, 3.05) is 13.1 Å². The molecule has 25 heavy (non-hydrogen) atoms. The van der Waals surface area contributed by atoms with Gasteiger partial charge in [0.1, 0.15) is 0 Å². The van der Waals surface area contributed by atoms with Crippen LogP contribution in [0, 0.1) is 0 Å². The van der Waals surface area contributed by atoms with Gasteiger partial charge in [0, 0.05) is 42.1 Å². The standard InChI is InChI=1S/C18H22N4OS2/c1-13(15-6-5-10-24-15)19-12-14-16(20-18-22(14)9-11-25-18)17(23)21-7-3-2-4-8-21/h5-6,9-11,13,19H,2-4,7-8,12H2,1H3/t13-/m0/s1. The molecule has 0 radical (unpaired) electrons. The quantitative estimate of drug-likeness (QED) is 0.736. The van der Waals surface area contributed by atoms with Crippen LogP contribution < -0.4 is 5.32 Å². The second-order valence-electron chi connectivity index (χ2n) is 6.43. The minimum absolute atomic E-state index is 0.0798. The van der Waals surface area contributed by atoms with Gasteiger partial charge in [0.15, 0.2) is 10.7 Å². The van der Waals surface area contributed by atoms with E-state index < -0.39 is 0 Å². The highest BCUT2D eigenvalue weighted by atomic mass is 32.1. The van der Waals surface area contributed by atoms with Crippen molar-refractivity contribution in [3.05, 3.63) is 45.4 Å². The van der Waals surface area contributed by atoms with E-state index in [2.05, 4.69) is 39.1 Å². The van der Waals surface area contributed by atoms with E-state index in [1.807, 2.05) is 16.5 Å². The molecule has 0 aromatic carbocycles. The molecule has 4 heterocycles. The average Bonchev–Trinajstić information content (AvgIpc) is 3.37. The van der Waals surface area contributed by atoms with Crippen molar-refractivity contribution in [2.45, 2.75) is 38.8 Å². The molecule has 0 aliphatic carbocycles. The third kappa shape index (κ3) is 3.36. The summed E-state index contributed by atoms with van der Waals surface area (Å²) < 4.78 is 2.05. The SMILES string of the molecule is C[C@H](NCc1c(C(=O)N2CCCCC2)nc2sccn12)c1cccs1. The number of thiophene rings is 1. The molecule has 0 saturated carbocycles. The number of carbonyl (C=O) groups excluding carboxylic acids is 1. The summed E-state index contributed by atoms with van der Waals surface area (Å²) >= 11 is 3.32. The first-order chi connectivity index (χ1) is 12.2. The van der Waals surface area contributed by atoms with Crippen LogP contribution in [-0.2, 0) is 6.54 Å². The van der Waals surface area contributed by atoms with Crippen LogP contribution in [0.4, 0.5) is 0 Å². The molecule has 0 unspecified atom stereocenters. The van der Waals surface area contributed by atoms with Crippen molar-refractivity contribution in [1.29, 1.82) is 0 Å². The maximum atomic E-state index is 13.0. The zero-order valence-electron chi connectivity index (χ0n) is 14.3. The molecule has 1 aliphatic rings. The van der Waals surface area contributed by atoms with Crippen LogP contribution in [0.5, 0.6) is 0 Å². The lowest BCUT2D eigenvalue weighted by atomic mass is 10.1. The smallest absolute Gasteiger partial charge is 0.274 e. The van der Waals surface area contributed by atoms with Gasteiger partial charge in [0.25, 0.3) is 5.91 Å². The van der Waals surface area contributed by atoms with Gasteiger partial charge in [0.2, 0.25) is 0 Å². The Hall–Kier alpha value is -1.70. The third-order valence-corrected chi connectivity index (χ3v) is 6.56. The van der Waals surface area contributed by atoms with Crippen LogP contribution in [0.2, 0.25) is 0 Å². The summed E-state index contributed by atoms with van der Waals surface area (Å²) in [7, 11) is 0. The van der Waals surface area contributed by atoms with Crippen LogP contribution in [0.25, 0.3) is 4.96 Å². The maximum Gasteiger partial charge on any atom is 0.274 e. The van der Waals surface area contributed by atoms with Gasteiger partial charge in [0.05, 0.1) is 5.69 Å². The molecule has 0 bridgehead atoms. The molecule has 7 heteroatoms. The van der Waals surface area contributed by atoms with Crippen molar-refractivity contribution in [2.24, 2.45) is 0 Å². The molecule has 3 aromatic heterocycles. The van der Waals surface area contributed by atoms with E-state index in [0.717, 1.165) is 36.6 Å². The third-order valence-electron chi connectivity index (χ3n) is 4.75. The predicted octanol–water partition coefficient (Wildman–Crippen LogP) is 3.93. The normalized spacial score (nSPS) is 16.4. The van der Waals surface area contributed by atoms with Crippen molar-refractivity contribution >= 4 is 33.5 Å². The van der Waals surface area contributed by atoms with E-state index in [1.165, 1.54) is 11.3 Å². The van der Waals surface area contributed by atoms with Gasteiger partial charge in [-0.3, -0.25) is 9.20 Å². The van der Waals surface area contributed by atoms with Crippen molar-refractivity contribution in [3.8, 4) is 0 Å². The summed E-state index contributed by atoms with van der Waals surface area (Å²) in [6, 6.07) is 4.46. The molecule has 1 N–H and O–H groups in total. The Morgan fingerprint density at radius 3 is 2.88 bits per heavy atom. The molecule has 1 aliphatic heterocycles. The number of likely N-dealkylation sites (tertiary alicyclic amines) is 1. The number of amides is 1. The number of thiazole rings is 1. The van der Waals surface area contributed by atoms with Gasteiger partial charge < -0.3 is 10.2 Å². The Morgan fingerprint density at radius 1 is 1.28 bits per heavy atom. The maximum absolute atomic E-state index is 13.0. The molecule has 4 rings (SSSR count). The molecule has 1 amide bonds. The second kappa shape index (κ2) is 7.27. The van der Waals surface area contributed by atoms with Crippen LogP contribution in [0.1, 0.15) is 53.3 Å². The first-order valence-electron chi connectivity index (χ1n) is 8.74. The number of carbonyl (C=O) groups is 1. The lowest BCUT2D eigenvalue weighted by Gasteiger charge is -2.26. The zero-order valence-corrected chi connectivity index (χ0v) is 15.9. The Balaban J connectivity index is 1.58. The van der Waals surface area contributed by atoms with Gasteiger partial charge in [-0.1, -0.05) is 6.07 Å². The predicted molar refractivity (Wildman–Crippen MR) is 102 cm³/mol. The summed E-state index contributed by atoms with van der Waals surface area (Å²) in [5.41, 5.74) is 1.58. The summed E-state index contributed by atoms with van der Waals surface area (Å²) in [5, 5.41) is 7.66. The number of hydrogen-bond acceptors (Lipinski definition) is 5. The highest BCUT2D eigenvalue weighted by Crippen LogP contribution is 2.23. The fourth-order valence-electron chi connectivity index (χ4n) is 3.31. The fourth-order valence-corrected chi connectivity index (χ4v) is 4.80. The van der Waals surface area contributed by atoms with E-state index in [1.54, 1.807) is 22.7 Å². The number of rotatable bonds is 5. The van der Waals surface area contributed by atoms with Gasteiger partial charge in [-0.25, -0.2) is 4.98 Å². The number of imidazole rings is 1. The van der Waals surface area contributed by atoms with Crippen molar-refractivity contribution in [3.63, 3.8) is 0 Å². The fraction of sp³-hybridized carbons (Fsp3) is 0.444. The van der Waals surface area contributed by atoms with E-state index in [4.69, 9.17) is 0 Å². The van der Waals surface area contributed by atoms with Crippen molar-refractivity contribution < 1.29 is 4.79 Å². The van der Waals surface area contributed by atoms with Crippen LogP contribution in [0.3, 0.4) is 0 Å². The van der Waals surface area contributed by atoms with E-state index in [-0.39, 0.29) is 11.9 Å². The molecule has 132 valence electrons. The number of nitrogens with zero attached hydrogens (tertiary/aromatic N) is 3. The lowest BCUT2D eigenvalue weighted by Crippen LogP contribution is -2.36.